The Morgan fingerprint density at radius 2 is 2.11 bits per heavy atom. The smallest absolute Gasteiger partial charge is 0.0782 e. The van der Waals surface area contributed by atoms with Crippen molar-refractivity contribution in [2.24, 2.45) is 0 Å². The summed E-state index contributed by atoms with van der Waals surface area (Å²) in [4.78, 5) is 0. The second-order valence-corrected chi connectivity index (χ2v) is 4.42. The van der Waals surface area contributed by atoms with Gasteiger partial charge in [-0.3, -0.25) is 4.68 Å². The third kappa shape index (κ3) is 3.82. The van der Waals surface area contributed by atoms with E-state index in [0.29, 0.717) is 0 Å². The molecule has 1 heterocycles. The van der Waals surface area contributed by atoms with E-state index in [9.17, 15) is 0 Å². The van der Waals surface area contributed by atoms with Gasteiger partial charge in [-0.1, -0.05) is 20.8 Å². The van der Waals surface area contributed by atoms with E-state index in [1.165, 1.54) is 5.69 Å². The van der Waals surface area contributed by atoms with E-state index >= 15 is 0 Å². The standard InChI is InChI=1S/C14H27N3O/c1-5-11-17-12(9-10-16-17)14(15-7-3)13(6-2)18-8-4/h9-10,13-15H,5-8,11H2,1-4H3. The topological polar surface area (TPSA) is 39.1 Å². The zero-order valence-corrected chi connectivity index (χ0v) is 12.1. The summed E-state index contributed by atoms with van der Waals surface area (Å²) in [6.45, 7) is 11.2. The van der Waals surface area contributed by atoms with Crippen molar-refractivity contribution in [2.75, 3.05) is 13.2 Å². The van der Waals surface area contributed by atoms with Crippen molar-refractivity contribution in [3.8, 4) is 0 Å². The third-order valence-corrected chi connectivity index (χ3v) is 3.08. The number of likely N-dealkylation sites (N-methyl/N-ethyl adjacent to an activating group) is 1. The Morgan fingerprint density at radius 3 is 2.67 bits per heavy atom. The van der Waals surface area contributed by atoms with Crippen LogP contribution in [0.3, 0.4) is 0 Å². The highest BCUT2D eigenvalue weighted by Gasteiger charge is 2.24. The molecule has 0 fully saturated rings. The molecule has 4 nitrogen and oxygen atoms in total. The molecule has 0 amide bonds. The van der Waals surface area contributed by atoms with Crippen LogP contribution in [-0.4, -0.2) is 29.0 Å². The van der Waals surface area contributed by atoms with E-state index in [-0.39, 0.29) is 12.1 Å². The lowest BCUT2D eigenvalue weighted by Gasteiger charge is -2.27. The molecular weight excluding hydrogens is 226 g/mol. The van der Waals surface area contributed by atoms with E-state index in [2.05, 4.69) is 48.9 Å². The van der Waals surface area contributed by atoms with Gasteiger partial charge in [0.05, 0.1) is 17.8 Å². The molecule has 104 valence electrons. The van der Waals surface area contributed by atoms with E-state index in [4.69, 9.17) is 4.74 Å². The Bertz CT molecular complexity index is 325. The molecule has 0 spiro atoms. The van der Waals surface area contributed by atoms with Gasteiger partial charge in [-0.15, -0.1) is 0 Å². The fourth-order valence-corrected chi connectivity index (χ4v) is 2.32. The summed E-state index contributed by atoms with van der Waals surface area (Å²) < 4.78 is 7.95. The molecule has 0 bridgehead atoms. The maximum atomic E-state index is 5.86. The van der Waals surface area contributed by atoms with Gasteiger partial charge in [0.25, 0.3) is 0 Å². The quantitative estimate of drug-likeness (QED) is 0.735. The van der Waals surface area contributed by atoms with Crippen LogP contribution >= 0.6 is 0 Å². The predicted molar refractivity (Wildman–Crippen MR) is 74.6 cm³/mol. The van der Waals surface area contributed by atoms with Crippen molar-refractivity contribution in [1.82, 2.24) is 15.1 Å². The highest BCUT2D eigenvalue weighted by atomic mass is 16.5. The van der Waals surface area contributed by atoms with Crippen LogP contribution < -0.4 is 5.32 Å². The van der Waals surface area contributed by atoms with Crippen LogP contribution in [0.1, 0.15) is 52.3 Å². The maximum absolute atomic E-state index is 5.86. The van der Waals surface area contributed by atoms with Crippen LogP contribution in [0.25, 0.3) is 0 Å². The Balaban J connectivity index is 2.90. The fourth-order valence-electron chi connectivity index (χ4n) is 2.32. The SMILES string of the molecule is CCCn1nccc1C(NCC)C(CC)OCC. The summed E-state index contributed by atoms with van der Waals surface area (Å²) in [6, 6.07) is 2.33. The molecule has 0 radical (unpaired) electrons. The Kier molecular flexibility index (Phi) is 6.98. The van der Waals surface area contributed by atoms with Crippen molar-refractivity contribution >= 4 is 0 Å². The van der Waals surface area contributed by atoms with Gasteiger partial charge in [-0.25, -0.2) is 0 Å². The van der Waals surface area contributed by atoms with E-state index in [1.807, 2.05) is 6.20 Å². The first-order valence-electron chi connectivity index (χ1n) is 7.15. The molecule has 1 N–H and O–H groups in total. The molecule has 18 heavy (non-hydrogen) atoms. The Hall–Kier alpha value is -0.870. The number of hydrogen-bond donors (Lipinski definition) is 1. The second kappa shape index (κ2) is 8.27. The van der Waals surface area contributed by atoms with Crippen LogP contribution in [0.4, 0.5) is 0 Å². The zero-order valence-electron chi connectivity index (χ0n) is 12.1. The molecule has 0 saturated heterocycles. The third-order valence-electron chi connectivity index (χ3n) is 3.08. The summed E-state index contributed by atoms with van der Waals surface area (Å²) in [5, 5.41) is 7.94. The van der Waals surface area contributed by atoms with E-state index in [1.54, 1.807) is 0 Å². The molecule has 0 aromatic carbocycles. The molecule has 0 aliphatic carbocycles. The van der Waals surface area contributed by atoms with Gasteiger partial charge in [0, 0.05) is 19.3 Å². The average molecular weight is 253 g/mol. The van der Waals surface area contributed by atoms with Crippen LogP contribution in [0, 0.1) is 0 Å². The molecule has 1 aromatic heterocycles. The van der Waals surface area contributed by atoms with Crippen molar-refractivity contribution < 1.29 is 4.74 Å². The largest absolute Gasteiger partial charge is 0.376 e. The van der Waals surface area contributed by atoms with Crippen molar-refractivity contribution in [3.05, 3.63) is 18.0 Å². The second-order valence-electron chi connectivity index (χ2n) is 4.42. The lowest BCUT2D eigenvalue weighted by atomic mass is 10.0. The maximum Gasteiger partial charge on any atom is 0.0782 e. The van der Waals surface area contributed by atoms with Crippen molar-refractivity contribution in [2.45, 2.75) is 59.2 Å². The molecule has 1 aromatic rings. The van der Waals surface area contributed by atoms with Gasteiger partial charge in [0.2, 0.25) is 0 Å². The first-order chi connectivity index (χ1) is 8.78. The zero-order chi connectivity index (χ0) is 13.4. The Labute approximate surface area is 111 Å². The van der Waals surface area contributed by atoms with Gasteiger partial charge in [-0.2, -0.15) is 5.10 Å². The van der Waals surface area contributed by atoms with E-state index in [0.717, 1.165) is 32.5 Å². The van der Waals surface area contributed by atoms with Gasteiger partial charge in [-0.05, 0) is 32.4 Å². The first kappa shape index (κ1) is 15.2. The number of hydrogen-bond acceptors (Lipinski definition) is 3. The highest BCUT2D eigenvalue weighted by Crippen LogP contribution is 2.21. The lowest BCUT2D eigenvalue weighted by molar-refractivity contribution is 0.0295. The molecular formula is C14H27N3O. The monoisotopic (exact) mass is 253 g/mol. The van der Waals surface area contributed by atoms with Gasteiger partial charge < -0.3 is 10.1 Å². The Morgan fingerprint density at radius 1 is 1.33 bits per heavy atom. The molecule has 2 atom stereocenters. The average Bonchev–Trinajstić information content (AvgIpc) is 2.82. The van der Waals surface area contributed by atoms with Crippen LogP contribution in [0.2, 0.25) is 0 Å². The molecule has 4 heteroatoms. The molecule has 1 rings (SSSR count). The van der Waals surface area contributed by atoms with Crippen molar-refractivity contribution in [1.29, 1.82) is 0 Å². The number of aromatic nitrogens is 2. The fraction of sp³-hybridized carbons (Fsp3) is 0.786. The van der Waals surface area contributed by atoms with Crippen LogP contribution in [0.5, 0.6) is 0 Å². The minimum atomic E-state index is 0.210. The summed E-state index contributed by atoms with van der Waals surface area (Å²) in [5.74, 6) is 0. The number of nitrogens with zero attached hydrogens (tertiary/aromatic N) is 2. The number of rotatable bonds is 9. The number of ether oxygens (including phenoxy) is 1. The van der Waals surface area contributed by atoms with E-state index < -0.39 is 0 Å². The highest BCUT2D eigenvalue weighted by molar-refractivity contribution is 5.09. The minimum Gasteiger partial charge on any atom is -0.376 e. The van der Waals surface area contributed by atoms with Crippen LogP contribution in [-0.2, 0) is 11.3 Å². The van der Waals surface area contributed by atoms with Crippen molar-refractivity contribution in [3.63, 3.8) is 0 Å². The molecule has 2 unspecified atom stereocenters. The summed E-state index contributed by atoms with van der Waals surface area (Å²) in [5.41, 5.74) is 1.24. The summed E-state index contributed by atoms with van der Waals surface area (Å²) >= 11 is 0. The molecule has 0 aliphatic heterocycles. The summed E-state index contributed by atoms with van der Waals surface area (Å²) in [6.07, 6.45) is 4.19. The normalized spacial score (nSPS) is 14.7. The predicted octanol–water partition coefficient (Wildman–Crippen LogP) is 2.76. The molecule has 0 aliphatic rings. The summed E-state index contributed by atoms with van der Waals surface area (Å²) in [7, 11) is 0. The molecule has 0 saturated carbocycles. The lowest BCUT2D eigenvalue weighted by Crippen LogP contribution is -2.35. The van der Waals surface area contributed by atoms with Gasteiger partial charge in [0.15, 0.2) is 0 Å². The number of aryl methyl sites for hydroxylation is 1. The minimum absolute atomic E-state index is 0.210. The number of nitrogens with one attached hydrogen (secondary N) is 1. The van der Waals surface area contributed by atoms with Gasteiger partial charge in [0.1, 0.15) is 0 Å². The van der Waals surface area contributed by atoms with Crippen LogP contribution in [0.15, 0.2) is 12.3 Å². The first-order valence-corrected chi connectivity index (χ1v) is 7.15. The van der Waals surface area contributed by atoms with Gasteiger partial charge >= 0.3 is 0 Å².